The summed E-state index contributed by atoms with van der Waals surface area (Å²) in [5.41, 5.74) is -0.325. The molecule has 2 saturated carbocycles. The van der Waals surface area contributed by atoms with E-state index in [1.54, 1.807) is 13.2 Å². The van der Waals surface area contributed by atoms with Crippen molar-refractivity contribution in [3.63, 3.8) is 0 Å². The Bertz CT molecular complexity index is 1400. The van der Waals surface area contributed by atoms with Crippen LogP contribution in [-0.2, 0) is 11.0 Å². The van der Waals surface area contributed by atoms with Crippen molar-refractivity contribution >= 4 is 28.5 Å². The van der Waals surface area contributed by atoms with E-state index in [0.717, 1.165) is 29.0 Å². The van der Waals surface area contributed by atoms with Crippen molar-refractivity contribution in [2.75, 3.05) is 18.6 Å². The second-order valence-corrected chi connectivity index (χ2v) is 9.57. The van der Waals surface area contributed by atoms with Crippen LogP contribution in [-0.4, -0.2) is 57.6 Å². The molecule has 12 heteroatoms. The minimum atomic E-state index is -4.60. The predicted octanol–water partition coefficient (Wildman–Crippen LogP) is 4.07. The van der Waals surface area contributed by atoms with E-state index in [4.69, 9.17) is 9.47 Å². The summed E-state index contributed by atoms with van der Waals surface area (Å²) in [6.07, 6.45) is 0.555. The van der Waals surface area contributed by atoms with Crippen LogP contribution >= 0.6 is 0 Å². The van der Waals surface area contributed by atoms with Gasteiger partial charge in [0.05, 0.1) is 35.5 Å². The number of fused-ring (bicyclic) bond motifs is 3. The second-order valence-electron chi connectivity index (χ2n) is 9.57. The minimum Gasteiger partial charge on any atom is -0.497 e. The van der Waals surface area contributed by atoms with Gasteiger partial charge in [-0.2, -0.15) is 13.2 Å². The van der Waals surface area contributed by atoms with Gasteiger partial charge in [0.2, 0.25) is 5.88 Å². The highest BCUT2D eigenvalue weighted by Crippen LogP contribution is 2.49. The van der Waals surface area contributed by atoms with Gasteiger partial charge in [-0.25, -0.2) is 14.8 Å². The minimum absolute atomic E-state index is 0.0377. The summed E-state index contributed by atoms with van der Waals surface area (Å²) < 4.78 is 50.9. The Balaban J connectivity index is 1.17. The van der Waals surface area contributed by atoms with Crippen LogP contribution in [0.25, 0.3) is 10.9 Å². The molecule has 4 unspecified atom stereocenters. The molecular weight excluding hydrogens is 491 g/mol. The fourth-order valence-electron chi connectivity index (χ4n) is 5.80. The molecule has 9 nitrogen and oxygen atoms in total. The summed E-state index contributed by atoms with van der Waals surface area (Å²) in [4.78, 5) is 40.5. The Kier molecular flexibility index (Phi) is 5.42. The highest BCUT2D eigenvalue weighted by atomic mass is 19.4. The zero-order valence-electron chi connectivity index (χ0n) is 19.7. The van der Waals surface area contributed by atoms with Crippen molar-refractivity contribution in [2.45, 2.75) is 37.6 Å². The highest BCUT2D eigenvalue weighted by Gasteiger charge is 2.54. The average molecular weight is 513 g/mol. The van der Waals surface area contributed by atoms with Gasteiger partial charge in [-0.1, -0.05) is 0 Å². The largest absolute Gasteiger partial charge is 0.497 e. The lowest BCUT2D eigenvalue weighted by Gasteiger charge is -2.33. The standard InChI is InChI=1S/C25H22F3N5O4/c1-36-17-2-3-18-19(8-17)30-12-31-23(18)37-21-6-13-4-14(21)5-20(13)33-22(34)11-32(24(33)35)16-7-15(9-29-10-16)25(26,27)28/h2-3,7-10,12-14,20-21H,4-6,11H2,1H3. The van der Waals surface area contributed by atoms with Gasteiger partial charge in [-0.3, -0.25) is 19.6 Å². The number of hydrogen-bond acceptors (Lipinski definition) is 7. The molecule has 37 heavy (non-hydrogen) atoms. The molecule has 192 valence electrons. The molecule has 6 rings (SSSR count). The summed E-state index contributed by atoms with van der Waals surface area (Å²) in [7, 11) is 1.58. The van der Waals surface area contributed by atoms with Crippen molar-refractivity contribution in [2.24, 2.45) is 11.8 Å². The van der Waals surface area contributed by atoms with E-state index in [1.165, 1.54) is 11.2 Å². The third kappa shape index (κ3) is 4.00. The maximum absolute atomic E-state index is 13.2. The average Bonchev–Trinajstić information content (AvgIpc) is 3.55. The number of urea groups is 1. The van der Waals surface area contributed by atoms with E-state index in [1.807, 2.05) is 12.1 Å². The third-order valence-corrected chi connectivity index (χ3v) is 7.52. The Hall–Kier alpha value is -3.96. The second kappa shape index (κ2) is 8.56. The fourth-order valence-corrected chi connectivity index (χ4v) is 5.80. The number of alkyl halides is 3. The Labute approximate surface area is 209 Å². The van der Waals surface area contributed by atoms with Crippen LogP contribution in [0.2, 0.25) is 0 Å². The number of halogens is 3. The van der Waals surface area contributed by atoms with Crippen molar-refractivity contribution in [3.8, 4) is 11.6 Å². The van der Waals surface area contributed by atoms with Gasteiger partial charge in [-0.15, -0.1) is 0 Å². The van der Waals surface area contributed by atoms with Crippen molar-refractivity contribution in [3.05, 3.63) is 48.5 Å². The van der Waals surface area contributed by atoms with Crippen LogP contribution in [0.1, 0.15) is 24.8 Å². The van der Waals surface area contributed by atoms with E-state index in [0.29, 0.717) is 36.2 Å². The molecule has 3 fully saturated rings. The molecule has 0 spiro atoms. The van der Waals surface area contributed by atoms with Gasteiger partial charge >= 0.3 is 12.2 Å². The first kappa shape index (κ1) is 23.4. The number of methoxy groups -OCH3 is 1. The van der Waals surface area contributed by atoms with Crippen molar-refractivity contribution in [1.82, 2.24) is 19.9 Å². The molecule has 3 aliphatic rings. The lowest BCUT2D eigenvalue weighted by Crippen LogP contribution is -2.46. The van der Waals surface area contributed by atoms with Crippen LogP contribution in [0, 0.1) is 11.8 Å². The maximum Gasteiger partial charge on any atom is 0.417 e. The number of nitrogens with zero attached hydrogens (tertiary/aromatic N) is 5. The van der Waals surface area contributed by atoms with Crippen molar-refractivity contribution in [1.29, 1.82) is 0 Å². The number of anilines is 1. The molecule has 1 saturated heterocycles. The van der Waals surface area contributed by atoms with E-state index in [9.17, 15) is 22.8 Å². The molecule has 3 amide bonds. The number of ether oxygens (including phenoxy) is 2. The summed E-state index contributed by atoms with van der Waals surface area (Å²) >= 11 is 0. The molecule has 3 aromatic rings. The van der Waals surface area contributed by atoms with Gasteiger partial charge in [0, 0.05) is 18.3 Å². The Morgan fingerprint density at radius 1 is 1.03 bits per heavy atom. The first-order valence-electron chi connectivity index (χ1n) is 11.8. The summed E-state index contributed by atoms with van der Waals surface area (Å²) in [6.45, 7) is -0.313. The number of rotatable bonds is 5. The smallest absolute Gasteiger partial charge is 0.417 e. The molecule has 1 aromatic carbocycles. The Morgan fingerprint density at radius 3 is 2.59 bits per heavy atom. The molecular formula is C25H22F3N5O4. The molecule has 1 aliphatic heterocycles. The molecule has 2 aliphatic carbocycles. The number of amides is 3. The predicted molar refractivity (Wildman–Crippen MR) is 124 cm³/mol. The summed E-state index contributed by atoms with van der Waals surface area (Å²) in [5.74, 6) is 0.875. The fraction of sp³-hybridized carbons (Fsp3) is 0.400. The number of benzene rings is 1. The van der Waals surface area contributed by atoms with E-state index < -0.39 is 23.7 Å². The number of carbonyl (C=O) groups is 2. The summed E-state index contributed by atoms with van der Waals surface area (Å²) in [5, 5.41) is 0.762. The summed E-state index contributed by atoms with van der Waals surface area (Å²) in [6, 6.07) is 5.37. The van der Waals surface area contributed by atoms with Gasteiger partial charge in [0.15, 0.2) is 0 Å². The first-order valence-corrected chi connectivity index (χ1v) is 11.8. The van der Waals surface area contributed by atoms with Crippen LogP contribution < -0.4 is 14.4 Å². The lowest BCUT2D eigenvalue weighted by molar-refractivity contribution is -0.137. The van der Waals surface area contributed by atoms with Crippen molar-refractivity contribution < 1.29 is 32.2 Å². The lowest BCUT2D eigenvalue weighted by atomic mass is 9.92. The molecule has 0 N–H and O–H groups in total. The third-order valence-electron chi connectivity index (χ3n) is 7.52. The number of aromatic nitrogens is 3. The molecule has 0 radical (unpaired) electrons. The molecule has 3 heterocycles. The number of carbonyl (C=O) groups excluding carboxylic acids is 2. The van der Waals surface area contributed by atoms with Gasteiger partial charge in [0.1, 0.15) is 24.7 Å². The van der Waals surface area contributed by atoms with Crippen LogP contribution in [0.5, 0.6) is 11.6 Å². The van der Waals surface area contributed by atoms with Crippen LogP contribution in [0.15, 0.2) is 43.0 Å². The molecule has 4 atom stereocenters. The number of pyridine rings is 1. The number of hydrogen-bond donors (Lipinski definition) is 0. The highest BCUT2D eigenvalue weighted by molar-refractivity contribution is 6.12. The maximum atomic E-state index is 13.2. The van der Waals surface area contributed by atoms with Gasteiger partial charge < -0.3 is 9.47 Å². The van der Waals surface area contributed by atoms with E-state index in [-0.39, 0.29) is 36.2 Å². The van der Waals surface area contributed by atoms with Crippen LogP contribution in [0.3, 0.4) is 0 Å². The van der Waals surface area contributed by atoms with E-state index >= 15 is 0 Å². The Morgan fingerprint density at radius 2 is 1.86 bits per heavy atom. The molecule has 2 aromatic heterocycles. The zero-order chi connectivity index (χ0) is 25.9. The monoisotopic (exact) mass is 513 g/mol. The van der Waals surface area contributed by atoms with Gasteiger partial charge in [-0.05, 0) is 49.3 Å². The zero-order valence-corrected chi connectivity index (χ0v) is 19.7. The first-order chi connectivity index (χ1) is 17.7. The SMILES string of the molecule is COc1ccc2c(OC3CC4CC3CC4N3C(=O)CN(c4cncc(C(F)(F)F)c4)C3=O)ncnc2c1. The molecule has 2 bridgehead atoms. The van der Waals surface area contributed by atoms with Gasteiger partial charge in [0.25, 0.3) is 5.91 Å². The number of imide groups is 1. The topological polar surface area (TPSA) is 97.8 Å². The van der Waals surface area contributed by atoms with Crippen LogP contribution in [0.4, 0.5) is 23.7 Å². The normalized spacial score (nSPS) is 25.4. The quantitative estimate of drug-likeness (QED) is 0.475. The van der Waals surface area contributed by atoms with E-state index in [2.05, 4.69) is 15.0 Å².